The maximum Gasteiger partial charge on any atom is 0.414 e. The molecule has 0 radical (unpaired) electrons. The Bertz CT molecular complexity index is 580. The van der Waals surface area contributed by atoms with Gasteiger partial charge >= 0.3 is 12.1 Å². The van der Waals surface area contributed by atoms with Crippen molar-refractivity contribution in [1.29, 1.82) is 0 Å². The topological polar surface area (TPSA) is 66.8 Å². The second kappa shape index (κ2) is 5.67. The van der Waals surface area contributed by atoms with Gasteiger partial charge in [0.25, 0.3) is 0 Å². The van der Waals surface area contributed by atoms with Gasteiger partial charge in [-0.15, -0.1) is 0 Å². The Morgan fingerprint density at radius 3 is 2.67 bits per heavy atom. The fraction of sp³-hybridized carbons (Fsp3) is 0.467. The number of ether oxygens (including phenoxy) is 1. The van der Waals surface area contributed by atoms with Gasteiger partial charge in [-0.3, -0.25) is 9.69 Å². The molecule has 114 valence electrons. The van der Waals surface area contributed by atoms with Gasteiger partial charge in [-0.25, -0.2) is 4.79 Å². The van der Waals surface area contributed by atoms with Crippen LogP contribution in [0, 0.1) is 0 Å². The van der Waals surface area contributed by atoms with Crippen molar-refractivity contribution in [2.45, 2.75) is 38.7 Å². The van der Waals surface area contributed by atoms with Gasteiger partial charge in [-0.1, -0.05) is 15.9 Å². The summed E-state index contributed by atoms with van der Waals surface area (Å²) in [6.45, 7) is 5.74. The largest absolute Gasteiger partial charge is 0.481 e. The van der Waals surface area contributed by atoms with E-state index < -0.39 is 17.7 Å². The van der Waals surface area contributed by atoms with Gasteiger partial charge in [-0.2, -0.15) is 0 Å². The molecule has 1 aliphatic heterocycles. The number of amides is 1. The van der Waals surface area contributed by atoms with Crippen molar-refractivity contribution in [1.82, 2.24) is 0 Å². The smallest absolute Gasteiger partial charge is 0.414 e. The van der Waals surface area contributed by atoms with Gasteiger partial charge in [0.05, 0.1) is 12.1 Å². The zero-order valence-electron chi connectivity index (χ0n) is 12.2. The Labute approximate surface area is 132 Å². The van der Waals surface area contributed by atoms with Crippen molar-refractivity contribution in [2.24, 2.45) is 0 Å². The minimum atomic E-state index is -0.878. The number of aliphatic carboxylic acids is 1. The summed E-state index contributed by atoms with van der Waals surface area (Å²) in [4.78, 5) is 24.8. The van der Waals surface area contributed by atoms with Crippen molar-refractivity contribution in [3.63, 3.8) is 0 Å². The van der Waals surface area contributed by atoms with E-state index in [0.29, 0.717) is 6.54 Å². The second-order valence-electron chi connectivity index (χ2n) is 6.09. The molecular weight excluding hydrogens is 338 g/mol. The number of rotatable bonds is 2. The van der Waals surface area contributed by atoms with Gasteiger partial charge in [-0.05, 0) is 44.5 Å². The van der Waals surface area contributed by atoms with E-state index in [1.165, 1.54) is 4.90 Å². The van der Waals surface area contributed by atoms with Crippen LogP contribution >= 0.6 is 15.9 Å². The number of carbonyl (C=O) groups is 2. The van der Waals surface area contributed by atoms with E-state index in [1.54, 1.807) is 20.8 Å². The SMILES string of the molecule is CC(C)(C)OC(=O)N1CC(CC(=O)O)c2cc(Br)ccc21. The lowest BCUT2D eigenvalue weighted by Crippen LogP contribution is -2.36. The number of anilines is 1. The van der Waals surface area contributed by atoms with Crippen LogP contribution in [0.25, 0.3) is 0 Å². The molecule has 1 amide bonds. The maximum absolute atomic E-state index is 12.3. The molecular formula is C15H18BrNO4. The van der Waals surface area contributed by atoms with E-state index >= 15 is 0 Å². The van der Waals surface area contributed by atoms with Crippen LogP contribution in [0.1, 0.15) is 38.7 Å². The molecule has 2 rings (SSSR count). The van der Waals surface area contributed by atoms with E-state index in [-0.39, 0.29) is 12.3 Å². The van der Waals surface area contributed by atoms with Crippen molar-refractivity contribution in [3.05, 3.63) is 28.2 Å². The first kappa shape index (κ1) is 15.8. The molecule has 0 fully saturated rings. The molecule has 1 aromatic carbocycles. The molecule has 0 saturated carbocycles. The highest BCUT2D eigenvalue weighted by Gasteiger charge is 2.35. The number of fused-ring (bicyclic) bond motifs is 1. The first-order valence-corrected chi connectivity index (χ1v) is 7.48. The standard InChI is InChI=1S/C15H18BrNO4/c1-15(2,3)21-14(20)17-8-9(6-13(18)19)11-7-10(16)4-5-12(11)17/h4-5,7,9H,6,8H2,1-3H3,(H,18,19). The molecule has 0 saturated heterocycles. The summed E-state index contributed by atoms with van der Waals surface area (Å²) in [6.07, 6.45) is -0.457. The molecule has 1 unspecified atom stereocenters. The quantitative estimate of drug-likeness (QED) is 0.876. The predicted octanol–water partition coefficient (Wildman–Crippen LogP) is 3.76. The van der Waals surface area contributed by atoms with Crippen LogP contribution in [-0.4, -0.2) is 29.3 Å². The van der Waals surface area contributed by atoms with Gasteiger partial charge < -0.3 is 9.84 Å². The fourth-order valence-corrected chi connectivity index (χ4v) is 2.77. The fourth-order valence-electron chi connectivity index (χ4n) is 2.39. The lowest BCUT2D eigenvalue weighted by atomic mass is 9.98. The van der Waals surface area contributed by atoms with Crippen molar-refractivity contribution < 1.29 is 19.4 Å². The predicted molar refractivity (Wildman–Crippen MR) is 82.7 cm³/mol. The highest BCUT2D eigenvalue weighted by atomic mass is 79.9. The Balaban J connectivity index is 2.31. The lowest BCUT2D eigenvalue weighted by molar-refractivity contribution is -0.137. The van der Waals surface area contributed by atoms with Crippen LogP contribution in [-0.2, 0) is 9.53 Å². The molecule has 0 bridgehead atoms. The summed E-state index contributed by atoms with van der Waals surface area (Å²) in [5, 5.41) is 9.03. The molecule has 1 aromatic rings. The van der Waals surface area contributed by atoms with Gasteiger partial charge in [0.2, 0.25) is 0 Å². The summed E-state index contributed by atoms with van der Waals surface area (Å²) in [5.74, 6) is -1.10. The Kier molecular flexibility index (Phi) is 4.27. The normalized spacial score (nSPS) is 17.5. The van der Waals surface area contributed by atoms with E-state index in [1.807, 2.05) is 18.2 Å². The van der Waals surface area contributed by atoms with Crippen molar-refractivity contribution >= 4 is 33.7 Å². The van der Waals surface area contributed by atoms with Crippen LogP contribution in [0.2, 0.25) is 0 Å². The second-order valence-corrected chi connectivity index (χ2v) is 7.00. The molecule has 1 aliphatic rings. The van der Waals surface area contributed by atoms with E-state index in [2.05, 4.69) is 15.9 Å². The summed E-state index contributed by atoms with van der Waals surface area (Å²) in [7, 11) is 0. The van der Waals surface area contributed by atoms with E-state index in [4.69, 9.17) is 9.84 Å². The van der Waals surface area contributed by atoms with Gasteiger partial charge in [0.15, 0.2) is 0 Å². The molecule has 5 nitrogen and oxygen atoms in total. The zero-order chi connectivity index (χ0) is 15.8. The number of halogens is 1. The number of carbonyl (C=O) groups excluding carboxylic acids is 1. The van der Waals surface area contributed by atoms with Crippen LogP contribution in [0.5, 0.6) is 0 Å². The molecule has 0 aromatic heterocycles. The van der Waals surface area contributed by atoms with Crippen molar-refractivity contribution in [2.75, 3.05) is 11.4 Å². The number of carboxylic acids is 1. The average Bonchev–Trinajstić information content (AvgIpc) is 2.65. The lowest BCUT2D eigenvalue weighted by Gasteiger charge is -2.25. The summed E-state index contributed by atoms with van der Waals surface area (Å²) < 4.78 is 6.25. The Hall–Kier alpha value is -1.56. The number of hydrogen-bond acceptors (Lipinski definition) is 3. The van der Waals surface area contributed by atoms with Crippen LogP contribution in [0.3, 0.4) is 0 Å². The van der Waals surface area contributed by atoms with Gasteiger partial charge in [0, 0.05) is 16.9 Å². The summed E-state index contributed by atoms with van der Waals surface area (Å²) in [6, 6.07) is 5.51. The average molecular weight is 356 g/mol. The molecule has 0 aliphatic carbocycles. The monoisotopic (exact) mass is 355 g/mol. The van der Waals surface area contributed by atoms with E-state index in [0.717, 1.165) is 15.7 Å². The summed E-state index contributed by atoms with van der Waals surface area (Å²) in [5.41, 5.74) is 0.994. The highest BCUT2D eigenvalue weighted by Crippen LogP contribution is 2.40. The molecule has 0 spiro atoms. The zero-order valence-corrected chi connectivity index (χ0v) is 13.8. The molecule has 1 N–H and O–H groups in total. The third kappa shape index (κ3) is 3.75. The first-order chi connectivity index (χ1) is 9.67. The minimum Gasteiger partial charge on any atom is -0.481 e. The van der Waals surface area contributed by atoms with E-state index in [9.17, 15) is 9.59 Å². The van der Waals surface area contributed by atoms with Crippen LogP contribution in [0.15, 0.2) is 22.7 Å². The molecule has 6 heteroatoms. The molecule has 21 heavy (non-hydrogen) atoms. The van der Waals surface area contributed by atoms with Crippen LogP contribution < -0.4 is 4.90 Å². The first-order valence-electron chi connectivity index (χ1n) is 6.69. The number of benzene rings is 1. The Morgan fingerprint density at radius 1 is 1.43 bits per heavy atom. The van der Waals surface area contributed by atoms with Crippen molar-refractivity contribution in [3.8, 4) is 0 Å². The third-order valence-electron chi connectivity index (χ3n) is 3.16. The minimum absolute atomic E-state index is 0.0112. The third-order valence-corrected chi connectivity index (χ3v) is 3.65. The number of nitrogens with zero attached hydrogens (tertiary/aromatic N) is 1. The number of carboxylic acid groups (broad SMARTS) is 1. The highest BCUT2D eigenvalue weighted by molar-refractivity contribution is 9.10. The number of hydrogen-bond donors (Lipinski definition) is 1. The summed E-state index contributed by atoms with van der Waals surface area (Å²) >= 11 is 3.38. The maximum atomic E-state index is 12.3. The van der Waals surface area contributed by atoms with Gasteiger partial charge in [0.1, 0.15) is 5.60 Å². The van der Waals surface area contributed by atoms with Crippen LogP contribution in [0.4, 0.5) is 10.5 Å². The molecule has 1 heterocycles. The Morgan fingerprint density at radius 2 is 2.10 bits per heavy atom. The molecule has 1 atom stereocenters.